The maximum absolute atomic E-state index is 12.8. The molecule has 0 N–H and O–H groups in total. The number of thiazole rings is 1. The smallest absolute Gasteiger partial charge is 0.266 e. The number of aryl methyl sites for hydroxylation is 2. The maximum atomic E-state index is 12.8. The minimum atomic E-state index is 0.0755. The standard InChI is InChI=1S/C18H22N2O2S/c1-4-14-5-7-15(8-6-14)17-19-13(3)16(23-17)18(21)20-9-10-22-12(2)11-20/h5-8,12H,4,9-11H2,1-3H3/t12-/m1/s1. The molecule has 1 amide bonds. The minimum Gasteiger partial charge on any atom is -0.375 e. The lowest BCUT2D eigenvalue weighted by molar-refractivity contribution is -0.0122. The Kier molecular flexibility index (Phi) is 4.78. The number of carbonyl (C=O) groups is 1. The molecule has 1 saturated heterocycles. The average molecular weight is 330 g/mol. The SMILES string of the molecule is CCc1ccc(-c2nc(C)c(C(=O)N3CCO[C@H](C)C3)s2)cc1. The Morgan fingerprint density at radius 1 is 1.39 bits per heavy atom. The molecule has 0 aliphatic carbocycles. The van der Waals surface area contributed by atoms with Crippen LogP contribution in [0.3, 0.4) is 0 Å². The van der Waals surface area contributed by atoms with Gasteiger partial charge in [0.25, 0.3) is 5.91 Å². The molecule has 1 aliphatic rings. The first kappa shape index (κ1) is 16.1. The van der Waals surface area contributed by atoms with Gasteiger partial charge in [0.1, 0.15) is 9.88 Å². The van der Waals surface area contributed by atoms with Crippen LogP contribution in [0.15, 0.2) is 24.3 Å². The molecule has 3 rings (SSSR count). The van der Waals surface area contributed by atoms with E-state index in [0.29, 0.717) is 19.7 Å². The third-order valence-corrected chi connectivity index (χ3v) is 5.32. The number of rotatable bonds is 3. The van der Waals surface area contributed by atoms with Crippen LogP contribution in [0.2, 0.25) is 0 Å². The normalized spacial score (nSPS) is 18.2. The van der Waals surface area contributed by atoms with Crippen molar-refractivity contribution in [2.24, 2.45) is 0 Å². The third-order valence-electron chi connectivity index (χ3n) is 4.13. The molecule has 1 aromatic heterocycles. The summed E-state index contributed by atoms with van der Waals surface area (Å²) in [7, 11) is 0. The lowest BCUT2D eigenvalue weighted by Crippen LogP contribution is -2.44. The Morgan fingerprint density at radius 3 is 2.78 bits per heavy atom. The van der Waals surface area contributed by atoms with Gasteiger partial charge in [-0.3, -0.25) is 4.79 Å². The molecule has 5 heteroatoms. The fraction of sp³-hybridized carbons (Fsp3) is 0.444. The lowest BCUT2D eigenvalue weighted by Gasteiger charge is -2.30. The molecule has 23 heavy (non-hydrogen) atoms. The highest BCUT2D eigenvalue weighted by Crippen LogP contribution is 2.29. The zero-order chi connectivity index (χ0) is 16.4. The minimum absolute atomic E-state index is 0.0755. The molecule has 0 bridgehead atoms. The first-order valence-corrected chi connectivity index (χ1v) is 8.87. The van der Waals surface area contributed by atoms with Gasteiger partial charge in [0.05, 0.1) is 18.4 Å². The Labute approximate surface area is 141 Å². The highest BCUT2D eigenvalue weighted by atomic mass is 32.1. The predicted octanol–water partition coefficient (Wildman–Crippen LogP) is 3.54. The van der Waals surface area contributed by atoms with Gasteiger partial charge in [-0.15, -0.1) is 11.3 Å². The monoisotopic (exact) mass is 330 g/mol. The summed E-state index contributed by atoms with van der Waals surface area (Å²) in [6.07, 6.45) is 1.12. The predicted molar refractivity (Wildman–Crippen MR) is 93.0 cm³/mol. The molecule has 1 atom stereocenters. The van der Waals surface area contributed by atoms with Crippen LogP contribution in [-0.4, -0.2) is 41.6 Å². The topological polar surface area (TPSA) is 42.4 Å². The van der Waals surface area contributed by atoms with Gasteiger partial charge in [-0.1, -0.05) is 31.2 Å². The van der Waals surface area contributed by atoms with Gasteiger partial charge in [0.15, 0.2) is 0 Å². The van der Waals surface area contributed by atoms with Crippen LogP contribution in [0.1, 0.15) is 34.8 Å². The fourth-order valence-corrected chi connectivity index (χ4v) is 3.79. The summed E-state index contributed by atoms with van der Waals surface area (Å²) in [4.78, 5) is 20.0. The first-order chi connectivity index (χ1) is 11.1. The Bertz CT molecular complexity index is 694. The number of ether oxygens (including phenoxy) is 1. The molecule has 2 heterocycles. The summed E-state index contributed by atoms with van der Waals surface area (Å²) in [6.45, 7) is 7.97. The highest BCUT2D eigenvalue weighted by molar-refractivity contribution is 7.17. The van der Waals surface area contributed by atoms with E-state index in [1.165, 1.54) is 16.9 Å². The zero-order valence-electron chi connectivity index (χ0n) is 13.8. The van der Waals surface area contributed by atoms with Crippen molar-refractivity contribution in [2.45, 2.75) is 33.3 Å². The highest BCUT2D eigenvalue weighted by Gasteiger charge is 2.26. The number of aromatic nitrogens is 1. The second-order valence-corrected chi connectivity index (χ2v) is 6.92. The Morgan fingerprint density at radius 2 is 2.13 bits per heavy atom. The largest absolute Gasteiger partial charge is 0.375 e. The number of hydrogen-bond donors (Lipinski definition) is 0. The number of amides is 1. The van der Waals surface area contributed by atoms with Crippen molar-refractivity contribution in [3.63, 3.8) is 0 Å². The van der Waals surface area contributed by atoms with Gasteiger partial charge >= 0.3 is 0 Å². The molecule has 1 aliphatic heterocycles. The van der Waals surface area contributed by atoms with Gasteiger partial charge in [-0.05, 0) is 25.8 Å². The molecule has 122 valence electrons. The van der Waals surface area contributed by atoms with Crippen molar-refractivity contribution < 1.29 is 9.53 Å². The fourth-order valence-electron chi connectivity index (χ4n) is 2.75. The molecule has 2 aromatic rings. The molecule has 4 nitrogen and oxygen atoms in total. The lowest BCUT2D eigenvalue weighted by atomic mass is 10.1. The van der Waals surface area contributed by atoms with Crippen LogP contribution in [0, 0.1) is 6.92 Å². The second-order valence-electron chi connectivity index (χ2n) is 5.92. The first-order valence-electron chi connectivity index (χ1n) is 8.06. The van der Waals surface area contributed by atoms with Crippen LogP contribution in [0.25, 0.3) is 10.6 Å². The number of nitrogens with zero attached hydrogens (tertiary/aromatic N) is 2. The van der Waals surface area contributed by atoms with Crippen molar-refractivity contribution >= 4 is 17.2 Å². The van der Waals surface area contributed by atoms with E-state index in [9.17, 15) is 4.79 Å². The molecule has 1 aromatic carbocycles. The number of hydrogen-bond acceptors (Lipinski definition) is 4. The summed E-state index contributed by atoms with van der Waals surface area (Å²) < 4.78 is 5.51. The summed E-state index contributed by atoms with van der Waals surface area (Å²) in [5.41, 5.74) is 3.19. The molecular formula is C18H22N2O2S. The summed E-state index contributed by atoms with van der Waals surface area (Å²) in [5.74, 6) is 0.0755. The quantitative estimate of drug-likeness (QED) is 0.864. The van der Waals surface area contributed by atoms with Gasteiger partial charge < -0.3 is 9.64 Å². The van der Waals surface area contributed by atoms with Gasteiger partial charge in [0, 0.05) is 18.7 Å². The van der Waals surface area contributed by atoms with E-state index in [4.69, 9.17) is 4.74 Å². The van der Waals surface area contributed by atoms with E-state index in [2.05, 4.69) is 36.2 Å². The number of benzene rings is 1. The van der Waals surface area contributed by atoms with Gasteiger partial charge in [0.2, 0.25) is 0 Å². The number of carbonyl (C=O) groups excluding carboxylic acids is 1. The average Bonchev–Trinajstić information content (AvgIpc) is 2.96. The van der Waals surface area contributed by atoms with Crippen molar-refractivity contribution in [1.82, 2.24) is 9.88 Å². The van der Waals surface area contributed by atoms with Crippen LogP contribution in [-0.2, 0) is 11.2 Å². The third kappa shape index (κ3) is 3.46. The van der Waals surface area contributed by atoms with E-state index in [0.717, 1.165) is 27.6 Å². The molecule has 0 spiro atoms. The molecule has 0 unspecified atom stereocenters. The summed E-state index contributed by atoms with van der Waals surface area (Å²) >= 11 is 1.49. The van der Waals surface area contributed by atoms with Crippen LogP contribution in [0.4, 0.5) is 0 Å². The van der Waals surface area contributed by atoms with Crippen LogP contribution < -0.4 is 0 Å². The molecule has 1 fully saturated rings. The van der Waals surface area contributed by atoms with E-state index in [1.54, 1.807) is 0 Å². The van der Waals surface area contributed by atoms with Gasteiger partial charge in [-0.2, -0.15) is 0 Å². The Balaban J connectivity index is 1.83. The van der Waals surface area contributed by atoms with Crippen LogP contribution >= 0.6 is 11.3 Å². The summed E-state index contributed by atoms with van der Waals surface area (Å²) in [6, 6.07) is 8.42. The van der Waals surface area contributed by atoms with Crippen molar-refractivity contribution in [1.29, 1.82) is 0 Å². The van der Waals surface area contributed by atoms with E-state index >= 15 is 0 Å². The Hall–Kier alpha value is -1.72. The molecule has 0 saturated carbocycles. The van der Waals surface area contributed by atoms with E-state index < -0.39 is 0 Å². The van der Waals surface area contributed by atoms with E-state index in [1.807, 2.05) is 18.7 Å². The molecule has 0 radical (unpaired) electrons. The summed E-state index contributed by atoms with van der Waals surface area (Å²) in [5, 5.41) is 0.912. The van der Waals surface area contributed by atoms with Gasteiger partial charge in [-0.25, -0.2) is 4.98 Å². The number of morpholine rings is 1. The van der Waals surface area contributed by atoms with Crippen molar-refractivity contribution in [3.05, 3.63) is 40.4 Å². The zero-order valence-corrected chi connectivity index (χ0v) is 14.7. The second kappa shape index (κ2) is 6.81. The maximum Gasteiger partial charge on any atom is 0.266 e. The van der Waals surface area contributed by atoms with Crippen molar-refractivity contribution in [2.75, 3.05) is 19.7 Å². The van der Waals surface area contributed by atoms with E-state index in [-0.39, 0.29) is 12.0 Å². The molecular weight excluding hydrogens is 308 g/mol. The van der Waals surface area contributed by atoms with Crippen molar-refractivity contribution in [3.8, 4) is 10.6 Å². The van der Waals surface area contributed by atoms with Crippen LogP contribution in [0.5, 0.6) is 0 Å².